The standard InChI is InChI=1S/C15H16FN3S/c16-11-3-1-2-10(8-11)13-14-12(17-15(20)18-13)9-4-6-19(14)7-5-9/h1-3,8-9,13H,4-7H2,(H2,17,18,20)/p+1/t13-/m1/s1. The molecule has 4 aliphatic rings. The molecule has 5 heteroatoms. The van der Waals surface area contributed by atoms with Gasteiger partial charge in [0.05, 0.1) is 18.8 Å². The van der Waals surface area contributed by atoms with Crippen molar-refractivity contribution in [3.8, 4) is 0 Å². The lowest BCUT2D eigenvalue weighted by Crippen LogP contribution is -3.14. The quantitative estimate of drug-likeness (QED) is 0.670. The highest BCUT2D eigenvalue weighted by Gasteiger charge is 2.44. The number of piperidine rings is 1. The fourth-order valence-corrected chi connectivity index (χ4v) is 3.99. The molecule has 0 aliphatic carbocycles. The van der Waals surface area contributed by atoms with Gasteiger partial charge in [-0.25, -0.2) is 4.39 Å². The van der Waals surface area contributed by atoms with E-state index in [1.54, 1.807) is 12.1 Å². The minimum Gasteiger partial charge on any atom is -0.347 e. The van der Waals surface area contributed by atoms with Gasteiger partial charge in [0.1, 0.15) is 11.9 Å². The molecule has 1 saturated heterocycles. The molecule has 0 unspecified atom stereocenters. The topological polar surface area (TPSA) is 28.5 Å². The van der Waals surface area contributed by atoms with Gasteiger partial charge >= 0.3 is 0 Å². The van der Waals surface area contributed by atoms with Crippen LogP contribution in [-0.4, -0.2) is 18.2 Å². The maximum atomic E-state index is 13.5. The third-order valence-corrected chi connectivity index (χ3v) is 4.88. The first kappa shape index (κ1) is 12.3. The van der Waals surface area contributed by atoms with E-state index in [1.807, 2.05) is 6.07 Å². The second-order valence-corrected chi connectivity index (χ2v) is 6.20. The van der Waals surface area contributed by atoms with Gasteiger partial charge in [0.15, 0.2) is 10.8 Å². The van der Waals surface area contributed by atoms with Crippen molar-refractivity contribution in [2.45, 2.75) is 18.9 Å². The Kier molecular flexibility index (Phi) is 2.79. The molecular formula is C15H17FN3S+. The van der Waals surface area contributed by atoms with Gasteiger partial charge in [0.25, 0.3) is 0 Å². The maximum absolute atomic E-state index is 13.5. The van der Waals surface area contributed by atoms with E-state index in [0.29, 0.717) is 11.0 Å². The largest absolute Gasteiger partial charge is 0.347 e. The summed E-state index contributed by atoms with van der Waals surface area (Å²) in [7, 11) is 0. The summed E-state index contributed by atoms with van der Waals surface area (Å²) >= 11 is 5.34. The number of fused-ring (bicyclic) bond motifs is 2. The van der Waals surface area contributed by atoms with E-state index < -0.39 is 0 Å². The monoisotopic (exact) mass is 290 g/mol. The first-order chi connectivity index (χ1) is 9.72. The second kappa shape index (κ2) is 4.53. The van der Waals surface area contributed by atoms with Crippen molar-refractivity contribution < 1.29 is 9.29 Å². The number of hydrogen-bond acceptors (Lipinski definition) is 1. The number of halogens is 1. The minimum absolute atomic E-state index is 0.00699. The predicted molar refractivity (Wildman–Crippen MR) is 78.5 cm³/mol. The average molecular weight is 290 g/mol. The van der Waals surface area contributed by atoms with E-state index in [4.69, 9.17) is 12.2 Å². The summed E-state index contributed by atoms with van der Waals surface area (Å²) in [6.07, 6.45) is 2.44. The summed E-state index contributed by atoms with van der Waals surface area (Å²) in [4.78, 5) is 1.51. The first-order valence-corrected chi connectivity index (χ1v) is 7.55. The Balaban J connectivity index is 1.82. The number of thiocarbonyl (C=S) groups is 1. The maximum Gasteiger partial charge on any atom is 0.171 e. The molecule has 1 fully saturated rings. The lowest BCUT2D eigenvalue weighted by molar-refractivity contribution is -0.875. The molecule has 0 amide bonds. The van der Waals surface area contributed by atoms with Gasteiger partial charge in [-0.2, -0.15) is 0 Å². The highest BCUT2D eigenvalue weighted by molar-refractivity contribution is 7.80. The van der Waals surface area contributed by atoms with Gasteiger partial charge in [0.2, 0.25) is 0 Å². The SMILES string of the molecule is Fc1cccc([C@H]2NC(=S)NC3=C2[NH+]2CCC3CC2)c1. The summed E-state index contributed by atoms with van der Waals surface area (Å²) in [5, 5.41) is 7.33. The van der Waals surface area contributed by atoms with Crippen molar-refractivity contribution >= 4 is 17.3 Å². The van der Waals surface area contributed by atoms with Gasteiger partial charge in [-0.1, -0.05) is 12.1 Å². The molecule has 20 heavy (non-hydrogen) atoms. The molecule has 0 aromatic heterocycles. The predicted octanol–water partition coefficient (Wildman–Crippen LogP) is 0.865. The third kappa shape index (κ3) is 1.84. The van der Waals surface area contributed by atoms with Crippen LogP contribution in [0.3, 0.4) is 0 Å². The van der Waals surface area contributed by atoms with Crippen LogP contribution in [0.2, 0.25) is 0 Å². The molecule has 2 bridgehead atoms. The van der Waals surface area contributed by atoms with Crippen molar-refractivity contribution in [3.63, 3.8) is 0 Å². The van der Waals surface area contributed by atoms with E-state index in [-0.39, 0.29) is 11.9 Å². The van der Waals surface area contributed by atoms with Crippen molar-refractivity contribution in [2.75, 3.05) is 13.1 Å². The normalized spacial score (nSPS) is 31.6. The van der Waals surface area contributed by atoms with Gasteiger partial charge < -0.3 is 15.5 Å². The molecule has 3 N–H and O–H groups in total. The number of quaternary nitrogens is 1. The molecule has 0 saturated carbocycles. The van der Waals surface area contributed by atoms with Crippen LogP contribution in [0.25, 0.3) is 0 Å². The third-order valence-electron chi connectivity index (χ3n) is 4.66. The van der Waals surface area contributed by atoms with Gasteiger partial charge in [-0.05, 0) is 29.9 Å². The first-order valence-electron chi connectivity index (χ1n) is 7.14. The van der Waals surface area contributed by atoms with Crippen molar-refractivity contribution in [2.24, 2.45) is 5.92 Å². The highest BCUT2D eigenvalue weighted by atomic mass is 32.1. The summed E-state index contributed by atoms with van der Waals surface area (Å²) in [6, 6.07) is 6.84. The summed E-state index contributed by atoms with van der Waals surface area (Å²) in [5.41, 5.74) is 3.59. The molecule has 104 valence electrons. The number of allylic oxidation sites excluding steroid dienone is 1. The summed E-state index contributed by atoms with van der Waals surface area (Å²) < 4.78 is 13.5. The van der Waals surface area contributed by atoms with Crippen LogP contribution in [0.4, 0.5) is 4.39 Å². The molecule has 5 rings (SSSR count). The lowest BCUT2D eigenvalue weighted by Gasteiger charge is -2.44. The van der Waals surface area contributed by atoms with Crippen LogP contribution in [0.15, 0.2) is 35.7 Å². The Morgan fingerprint density at radius 1 is 1.25 bits per heavy atom. The fraction of sp³-hybridized carbons (Fsp3) is 0.400. The summed E-state index contributed by atoms with van der Waals surface area (Å²) in [5.74, 6) is 0.403. The molecule has 3 nitrogen and oxygen atoms in total. The Bertz CT molecular complexity index is 605. The van der Waals surface area contributed by atoms with Crippen molar-refractivity contribution in [1.82, 2.24) is 10.6 Å². The average Bonchev–Trinajstić information content (AvgIpc) is 2.47. The molecular weight excluding hydrogens is 273 g/mol. The van der Waals surface area contributed by atoms with Crippen LogP contribution in [0, 0.1) is 11.7 Å². The molecule has 4 aliphatic heterocycles. The number of nitrogens with one attached hydrogen (secondary N) is 3. The van der Waals surface area contributed by atoms with Crippen molar-refractivity contribution in [1.29, 1.82) is 0 Å². The van der Waals surface area contributed by atoms with E-state index in [9.17, 15) is 4.39 Å². The smallest absolute Gasteiger partial charge is 0.171 e. The summed E-state index contributed by atoms with van der Waals surface area (Å²) in [6.45, 7) is 2.34. The van der Waals surface area contributed by atoms with E-state index in [0.717, 1.165) is 5.56 Å². The Morgan fingerprint density at radius 2 is 2.05 bits per heavy atom. The Morgan fingerprint density at radius 3 is 2.80 bits per heavy atom. The Labute approximate surface area is 122 Å². The second-order valence-electron chi connectivity index (χ2n) is 5.79. The van der Waals surface area contributed by atoms with Crippen LogP contribution < -0.4 is 15.5 Å². The van der Waals surface area contributed by atoms with Crippen LogP contribution in [0.1, 0.15) is 24.4 Å². The minimum atomic E-state index is -0.193. The highest BCUT2D eigenvalue weighted by Crippen LogP contribution is 2.33. The lowest BCUT2D eigenvalue weighted by atomic mass is 9.83. The van der Waals surface area contributed by atoms with Gasteiger partial charge in [-0.15, -0.1) is 0 Å². The van der Waals surface area contributed by atoms with Crippen molar-refractivity contribution in [3.05, 3.63) is 47.0 Å². The van der Waals surface area contributed by atoms with Gasteiger partial charge in [-0.3, -0.25) is 0 Å². The molecule has 1 atom stereocenters. The number of hydrogen-bond donors (Lipinski definition) is 3. The van der Waals surface area contributed by atoms with E-state index >= 15 is 0 Å². The zero-order valence-electron chi connectivity index (χ0n) is 11.1. The molecule has 1 aromatic rings. The van der Waals surface area contributed by atoms with Crippen LogP contribution >= 0.6 is 12.2 Å². The Hall–Kier alpha value is -1.46. The number of rotatable bonds is 1. The van der Waals surface area contributed by atoms with E-state index in [2.05, 4.69) is 10.6 Å². The molecule has 1 aromatic carbocycles. The van der Waals surface area contributed by atoms with E-state index in [1.165, 1.54) is 48.3 Å². The molecule has 0 radical (unpaired) electrons. The molecule has 0 spiro atoms. The molecule has 4 heterocycles. The zero-order chi connectivity index (χ0) is 13.7. The van der Waals surface area contributed by atoms with Crippen LogP contribution in [-0.2, 0) is 0 Å². The fourth-order valence-electron chi connectivity index (χ4n) is 3.76. The zero-order valence-corrected chi connectivity index (χ0v) is 11.9. The van der Waals surface area contributed by atoms with Gasteiger partial charge in [0, 0.05) is 18.8 Å². The van der Waals surface area contributed by atoms with Crippen LogP contribution in [0.5, 0.6) is 0 Å². The number of benzene rings is 1.